The number of β-lactam (4-membered cyclic amide) rings is 1. The van der Waals surface area contributed by atoms with Gasteiger partial charge in [0, 0.05) is 29.4 Å². The number of ether oxygens (including phenoxy) is 4. The molecule has 0 saturated carbocycles. The van der Waals surface area contributed by atoms with Gasteiger partial charge >= 0.3 is 29.0 Å². The average molecular weight is 1050 g/mol. The second kappa shape index (κ2) is 23.6. The molecule has 2 bridgehead atoms. The number of amides is 3. The molecule has 73 heavy (non-hydrogen) atoms. The van der Waals surface area contributed by atoms with E-state index in [2.05, 4.69) is 20.1 Å². The van der Waals surface area contributed by atoms with Crippen LogP contribution in [0.3, 0.4) is 0 Å². The average Bonchev–Trinajstić information content (AvgIpc) is 3.99. The standard InChI is InChI=1S/C47H46B3ClN6O14S2/c1-26-52-34(24-72-26)38(54-71-36(42(59)50-64)18-49-69-25-58)43(60)53-39-45(62)56-40(47(63)70-48)29(23-73-46(39)56)19-57-16-14-30(20-57)55(15-17-57)44(61)33-12-13-35(67-21-27-4-8-31(65-2)9-5-27)41(37(33)51)68-22-28-6-10-32(66-3)11-7-28/h4-13,24-25,30,36,39,46,64H,14-23H2,1-3H3/p+1/b54-38-/t30-,36-,39+,46+,57-/m0/s1. The number of benzene rings is 3. The molecule has 4 radical (unpaired) electrons. The molecule has 3 aromatic carbocycles. The molecule has 0 spiro atoms. The summed E-state index contributed by atoms with van der Waals surface area (Å²) in [6.45, 7) is 4.66. The third-order valence-electron chi connectivity index (χ3n) is 12.9. The summed E-state index contributed by atoms with van der Waals surface area (Å²) >= 11 is 9.65. The van der Waals surface area contributed by atoms with E-state index in [0.29, 0.717) is 71.5 Å². The number of piperazine rings is 1. The van der Waals surface area contributed by atoms with Gasteiger partial charge in [-0.05, 0) is 54.4 Å². The first-order valence-corrected chi connectivity index (χ1v) is 25.1. The molecular formula is C47H47B3ClN6O14S2+. The van der Waals surface area contributed by atoms with Crippen LogP contribution < -0.4 is 24.3 Å². The minimum atomic E-state index is -1.48. The number of thioether (sulfide) groups is 1. The van der Waals surface area contributed by atoms with E-state index < -0.39 is 41.0 Å². The molecule has 26 heteroatoms. The van der Waals surface area contributed by atoms with Gasteiger partial charge in [0.2, 0.25) is 0 Å². The quantitative estimate of drug-likeness (QED) is 0.0207. The smallest absolute Gasteiger partial charge is 0.378 e. The molecule has 376 valence electrons. The van der Waals surface area contributed by atoms with Gasteiger partial charge in [-0.1, -0.05) is 41.0 Å². The first kappa shape index (κ1) is 52.8. The van der Waals surface area contributed by atoms with Crippen LogP contribution in [-0.2, 0) is 51.3 Å². The van der Waals surface area contributed by atoms with Crippen LogP contribution in [0.2, 0.25) is 11.3 Å². The zero-order valence-corrected chi connectivity index (χ0v) is 42.1. The second-order valence-electron chi connectivity index (χ2n) is 17.3. The Bertz CT molecular complexity index is 2810. The van der Waals surface area contributed by atoms with Crippen LogP contribution in [0, 0.1) is 6.92 Å². The molecule has 20 nitrogen and oxygen atoms in total. The Morgan fingerprint density at radius 1 is 1.03 bits per heavy atom. The Balaban J connectivity index is 0.960. The lowest BCUT2D eigenvalue weighted by Crippen LogP contribution is -2.71. The number of hydrogen-bond donors (Lipinski definition) is 2. The molecule has 2 N–H and O–H groups in total. The van der Waals surface area contributed by atoms with Crippen LogP contribution in [0.4, 0.5) is 0 Å². The largest absolute Gasteiger partial charge is 0.541 e. The van der Waals surface area contributed by atoms with E-state index >= 15 is 0 Å². The van der Waals surface area contributed by atoms with Crippen molar-refractivity contribution < 1.29 is 71.4 Å². The number of carbonyl (C=O) groups excluding carboxylic acids is 6. The Labute approximate surface area is 435 Å². The van der Waals surface area contributed by atoms with Gasteiger partial charge in [0.15, 0.2) is 29.0 Å². The van der Waals surface area contributed by atoms with Gasteiger partial charge in [-0.3, -0.25) is 24.1 Å². The third kappa shape index (κ3) is 11.7. The molecule has 3 fully saturated rings. The fourth-order valence-corrected chi connectivity index (χ4v) is 11.3. The van der Waals surface area contributed by atoms with Crippen LogP contribution in [0.1, 0.15) is 38.6 Å². The number of aromatic nitrogens is 1. The fourth-order valence-electron chi connectivity index (χ4n) is 9.10. The molecule has 5 heterocycles. The summed E-state index contributed by atoms with van der Waals surface area (Å²) < 4.78 is 32.9. The highest BCUT2D eigenvalue weighted by atomic mass is 35.5. The summed E-state index contributed by atoms with van der Waals surface area (Å²) in [5.41, 5.74) is 1.35. The third-order valence-corrected chi connectivity index (χ3v) is 15.3. The summed E-state index contributed by atoms with van der Waals surface area (Å²) in [6.07, 6.45) is -1.14. The molecule has 4 aromatic rings. The monoisotopic (exact) mass is 1050 g/mol. The van der Waals surface area contributed by atoms with E-state index in [9.17, 15) is 33.8 Å². The van der Waals surface area contributed by atoms with Crippen molar-refractivity contribution in [2.75, 3.05) is 52.7 Å². The van der Waals surface area contributed by atoms with Gasteiger partial charge < -0.3 is 57.6 Å². The first-order chi connectivity index (χ1) is 35.3. The molecule has 3 amide bonds. The number of halogens is 1. The molecule has 4 aliphatic rings. The number of carbonyl (C=O) groups is 6. The minimum absolute atomic E-state index is 0.0118. The minimum Gasteiger partial charge on any atom is -0.541 e. The van der Waals surface area contributed by atoms with Crippen LogP contribution in [-0.4, -0.2) is 165 Å². The summed E-state index contributed by atoms with van der Waals surface area (Å²) in [4.78, 5) is 91.5. The number of aryl methyl sites for hydroxylation is 1. The highest BCUT2D eigenvalue weighted by Crippen LogP contribution is 2.44. The highest BCUT2D eigenvalue weighted by molar-refractivity contribution is 8.00. The van der Waals surface area contributed by atoms with Crippen molar-refractivity contribution in [3.8, 4) is 23.0 Å². The maximum atomic E-state index is 14.5. The van der Waals surface area contributed by atoms with E-state index in [1.807, 2.05) is 53.4 Å². The van der Waals surface area contributed by atoms with E-state index in [0.717, 1.165) is 18.6 Å². The molecule has 1 aromatic heterocycles. The lowest BCUT2D eigenvalue weighted by molar-refractivity contribution is -0.916. The SMILES string of the molecule is [B]OC(=O)C1=C(C[N@@+]23CC[C@@H](C2)N(C(=O)c2ccc(OCc4ccc(OC)cc4)c(OCc4ccc(OC)cc4)c2Cl)CC3)CS[C@@H]2[C@H](NC(=O)/C(=N\O[C@@H](C[B]OC=O)C(=O)[B]O)c3csc(C)n3)C(=O)N12. The summed E-state index contributed by atoms with van der Waals surface area (Å²) in [5, 5.41) is 17.4. The molecule has 5 atom stereocenters. The molecule has 3 saturated heterocycles. The van der Waals surface area contributed by atoms with Gasteiger partial charge in [-0.2, -0.15) is 0 Å². The lowest BCUT2D eigenvalue weighted by Gasteiger charge is -2.50. The van der Waals surface area contributed by atoms with E-state index in [1.165, 1.54) is 33.4 Å². The molecule has 0 unspecified atom stereocenters. The van der Waals surface area contributed by atoms with E-state index in [-0.39, 0.29) is 84.6 Å². The van der Waals surface area contributed by atoms with Crippen molar-refractivity contribution in [2.45, 2.75) is 56.4 Å². The molecule has 8 rings (SSSR count). The second-order valence-corrected chi connectivity index (χ2v) is 19.8. The molecular weight excluding hydrogens is 1000 g/mol. The van der Waals surface area contributed by atoms with Gasteiger partial charge in [0.1, 0.15) is 54.1 Å². The van der Waals surface area contributed by atoms with Gasteiger partial charge in [-0.25, -0.2) is 9.78 Å². The number of thiazole rings is 1. The number of rotatable bonds is 23. The topological polar surface area (TPSA) is 231 Å². The Kier molecular flexibility index (Phi) is 17.0. The van der Waals surface area contributed by atoms with Gasteiger partial charge in [0.25, 0.3) is 24.2 Å². The number of nitrogens with zero attached hydrogens (tertiary/aromatic N) is 5. The Morgan fingerprint density at radius 2 is 1.73 bits per heavy atom. The zero-order chi connectivity index (χ0) is 51.8. The normalized spacial score (nSPS) is 20.4. The van der Waals surface area contributed by atoms with Gasteiger partial charge in [0.05, 0.1) is 62.0 Å². The van der Waals surface area contributed by atoms with Crippen LogP contribution >= 0.6 is 34.7 Å². The predicted octanol–water partition coefficient (Wildman–Crippen LogP) is 2.74. The summed E-state index contributed by atoms with van der Waals surface area (Å²) in [5.74, 6) is -0.405. The molecule has 0 aliphatic carbocycles. The summed E-state index contributed by atoms with van der Waals surface area (Å²) in [6, 6.07) is 16.9. The predicted molar refractivity (Wildman–Crippen MR) is 268 cm³/mol. The number of nitrogens with one attached hydrogen (secondary N) is 1. The van der Waals surface area contributed by atoms with E-state index in [1.54, 1.807) is 33.3 Å². The zero-order valence-electron chi connectivity index (χ0n) is 39.7. The summed E-state index contributed by atoms with van der Waals surface area (Å²) in [7, 11) is 9.85. The van der Waals surface area contributed by atoms with Crippen LogP contribution in [0.15, 0.2) is 82.5 Å². The number of methoxy groups -OCH3 is 2. The number of hydrogen-bond acceptors (Lipinski definition) is 18. The maximum Gasteiger partial charge on any atom is 0.378 e. The Morgan fingerprint density at radius 3 is 2.36 bits per heavy atom. The lowest BCUT2D eigenvalue weighted by atomic mass is 9.80. The maximum absolute atomic E-state index is 14.5. The highest BCUT2D eigenvalue weighted by Gasteiger charge is 2.56. The van der Waals surface area contributed by atoms with Crippen molar-refractivity contribution in [1.29, 1.82) is 0 Å². The van der Waals surface area contributed by atoms with Crippen molar-refractivity contribution >= 4 is 99.3 Å². The van der Waals surface area contributed by atoms with Crippen molar-refractivity contribution in [3.63, 3.8) is 0 Å². The fraction of sp³-hybridized carbons (Fsp3) is 0.362. The van der Waals surface area contributed by atoms with Crippen molar-refractivity contribution in [1.82, 2.24) is 20.1 Å². The number of quaternary nitrogens is 1. The van der Waals surface area contributed by atoms with Crippen LogP contribution in [0.25, 0.3) is 0 Å². The first-order valence-electron chi connectivity index (χ1n) is 22.8. The van der Waals surface area contributed by atoms with Crippen molar-refractivity contribution in [3.05, 3.63) is 110 Å². The van der Waals surface area contributed by atoms with Crippen LogP contribution in [0.5, 0.6) is 23.0 Å². The van der Waals surface area contributed by atoms with Crippen molar-refractivity contribution in [2.24, 2.45) is 5.16 Å². The van der Waals surface area contributed by atoms with Gasteiger partial charge in [-0.15, -0.1) is 23.1 Å². The number of fused-ring (bicyclic) bond motifs is 3. The Hall–Kier alpha value is -6.53. The molecule has 4 aliphatic heterocycles. The van der Waals surface area contributed by atoms with E-state index in [4.69, 9.17) is 48.1 Å². The number of oxime groups is 1.